The monoisotopic (exact) mass is 382 g/mol. The number of nitrogen functional groups attached to an aromatic ring is 1. The van der Waals surface area contributed by atoms with Crippen molar-refractivity contribution in [3.05, 3.63) is 22.4 Å². The van der Waals surface area contributed by atoms with Gasteiger partial charge in [-0.1, -0.05) is 0 Å². The summed E-state index contributed by atoms with van der Waals surface area (Å²) in [7, 11) is -3.94. The fourth-order valence-corrected chi connectivity index (χ4v) is 4.20. The Labute approximate surface area is 130 Å². The number of anilines is 1. The van der Waals surface area contributed by atoms with Crippen LogP contribution >= 0.6 is 15.9 Å². The summed E-state index contributed by atoms with van der Waals surface area (Å²) in [6, 6.07) is 2.01. The van der Waals surface area contributed by atoms with E-state index in [1.54, 1.807) is 6.92 Å². The van der Waals surface area contributed by atoms with Crippen LogP contribution in [-0.4, -0.2) is 38.4 Å². The molecule has 0 spiro atoms. The van der Waals surface area contributed by atoms with Gasteiger partial charge in [-0.2, -0.15) is 0 Å². The molecule has 1 aromatic rings. The van der Waals surface area contributed by atoms with Gasteiger partial charge in [0.05, 0.1) is 16.7 Å². The van der Waals surface area contributed by atoms with Gasteiger partial charge in [-0.15, -0.1) is 0 Å². The Balaban J connectivity index is 2.21. The highest BCUT2D eigenvalue weighted by atomic mass is 79.9. The van der Waals surface area contributed by atoms with Gasteiger partial charge < -0.3 is 15.6 Å². The molecule has 6 nitrogen and oxygen atoms in total. The van der Waals surface area contributed by atoms with Crippen molar-refractivity contribution in [1.29, 1.82) is 0 Å². The van der Waals surface area contributed by atoms with E-state index < -0.39 is 27.5 Å². The molecule has 9 heteroatoms. The van der Waals surface area contributed by atoms with E-state index in [2.05, 4.69) is 20.7 Å². The lowest BCUT2D eigenvalue weighted by Crippen LogP contribution is -2.47. The van der Waals surface area contributed by atoms with Crippen LogP contribution in [0, 0.1) is 5.82 Å². The Morgan fingerprint density at radius 2 is 2.29 bits per heavy atom. The van der Waals surface area contributed by atoms with Crippen LogP contribution in [0.1, 0.15) is 13.3 Å². The first-order chi connectivity index (χ1) is 9.66. The molecule has 0 saturated carbocycles. The molecular weight excluding hydrogens is 367 g/mol. The van der Waals surface area contributed by atoms with Gasteiger partial charge in [0.2, 0.25) is 10.0 Å². The lowest BCUT2D eigenvalue weighted by atomic mass is 9.97. The molecule has 0 aromatic heterocycles. The molecule has 4 N–H and O–H groups in total. The lowest BCUT2D eigenvalue weighted by Gasteiger charge is -2.26. The van der Waals surface area contributed by atoms with Gasteiger partial charge in [0.15, 0.2) is 0 Å². The number of nitrogens with two attached hydrogens (primary N) is 1. The van der Waals surface area contributed by atoms with Crippen LogP contribution in [0.25, 0.3) is 0 Å². The molecule has 2 atom stereocenters. The van der Waals surface area contributed by atoms with Gasteiger partial charge in [0.1, 0.15) is 11.4 Å². The number of hydrogen-bond acceptors (Lipinski definition) is 5. The summed E-state index contributed by atoms with van der Waals surface area (Å²) in [5, 5.41) is 10.3. The number of hydrogen-bond donors (Lipinski definition) is 3. The molecule has 1 aliphatic heterocycles. The fraction of sp³-hybridized carbons (Fsp3) is 0.500. The Morgan fingerprint density at radius 1 is 1.62 bits per heavy atom. The minimum atomic E-state index is -3.94. The molecule has 21 heavy (non-hydrogen) atoms. The third-order valence-corrected chi connectivity index (χ3v) is 5.93. The van der Waals surface area contributed by atoms with Crippen LogP contribution in [0.2, 0.25) is 0 Å². The normalized spacial score (nSPS) is 26.2. The molecule has 0 amide bonds. The minimum absolute atomic E-state index is 0.0596. The zero-order chi connectivity index (χ0) is 15.8. The first-order valence-electron chi connectivity index (χ1n) is 6.24. The van der Waals surface area contributed by atoms with Gasteiger partial charge in [-0.25, -0.2) is 17.5 Å². The van der Waals surface area contributed by atoms with E-state index in [1.807, 2.05) is 0 Å². The smallest absolute Gasteiger partial charge is 0.241 e. The van der Waals surface area contributed by atoms with E-state index in [9.17, 15) is 17.9 Å². The summed E-state index contributed by atoms with van der Waals surface area (Å²) in [6.45, 7) is 1.85. The topological polar surface area (TPSA) is 102 Å². The summed E-state index contributed by atoms with van der Waals surface area (Å²) in [5.74, 6) is -0.711. The van der Waals surface area contributed by atoms with E-state index in [0.29, 0.717) is 13.0 Å². The molecular formula is C12H16BrFN2O4S. The van der Waals surface area contributed by atoms with Gasteiger partial charge in [-0.05, 0) is 35.0 Å². The predicted molar refractivity (Wildman–Crippen MR) is 78.7 cm³/mol. The Hall–Kier alpha value is -0.740. The highest BCUT2D eigenvalue weighted by Crippen LogP contribution is 2.28. The second-order valence-corrected chi connectivity index (χ2v) is 7.59. The number of sulfonamides is 1. The van der Waals surface area contributed by atoms with E-state index in [4.69, 9.17) is 10.5 Å². The van der Waals surface area contributed by atoms with Crippen molar-refractivity contribution in [2.45, 2.75) is 29.9 Å². The number of benzene rings is 1. The highest BCUT2D eigenvalue weighted by Gasteiger charge is 2.40. The molecule has 0 aliphatic carbocycles. The second kappa shape index (κ2) is 5.81. The average Bonchev–Trinajstić information content (AvgIpc) is 2.72. The zero-order valence-corrected chi connectivity index (χ0v) is 13.7. The quantitative estimate of drug-likeness (QED) is 0.673. The van der Waals surface area contributed by atoms with Crippen LogP contribution in [0.3, 0.4) is 0 Å². The lowest BCUT2D eigenvalue weighted by molar-refractivity contribution is -0.0228. The molecule has 2 unspecified atom stereocenters. The van der Waals surface area contributed by atoms with Crippen LogP contribution in [0.4, 0.5) is 10.1 Å². The Morgan fingerprint density at radius 3 is 2.86 bits per heavy atom. The molecule has 1 heterocycles. The van der Waals surface area contributed by atoms with Gasteiger partial charge in [0.25, 0.3) is 0 Å². The summed E-state index contributed by atoms with van der Waals surface area (Å²) in [4.78, 5) is -0.184. The van der Waals surface area contributed by atoms with E-state index >= 15 is 0 Å². The zero-order valence-electron chi connectivity index (χ0n) is 11.3. The summed E-state index contributed by atoms with van der Waals surface area (Å²) >= 11 is 2.99. The van der Waals surface area contributed by atoms with Gasteiger partial charge >= 0.3 is 0 Å². The van der Waals surface area contributed by atoms with Crippen LogP contribution in [0.15, 0.2) is 21.5 Å². The summed E-state index contributed by atoms with van der Waals surface area (Å²) in [6.07, 6.45) is -0.134. The SMILES string of the molecule is CC1OCCC1(O)CNS(=O)(=O)c1cc(N)c(F)cc1Br. The maximum absolute atomic E-state index is 13.3. The van der Waals surface area contributed by atoms with E-state index in [1.165, 1.54) is 0 Å². The first-order valence-corrected chi connectivity index (χ1v) is 8.51. The number of ether oxygens (including phenoxy) is 1. The highest BCUT2D eigenvalue weighted by molar-refractivity contribution is 9.10. The predicted octanol–water partition coefficient (Wildman–Crippen LogP) is 0.989. The third-order valence-electron chi connectivity index (χ3n) is 3.57. The summed E-state index contributed by atoms with van der Waals surface area (Å²) < 4.78 is 45.4. The molecule has 0 bridgehead atoms. The Kier molecular flexibility index (Phi) is 4.60. The maximum atomic E-state index is 13.3. The summed E-state index contributed by atoms with van der Waals surface area (Å²) in [5.41, 5.74) is 3.87. The molecule has 118 valence electrons. The number of aliphatic hydroxyl groups is 1. The van der Waals surface area contributed by atoms with Gasteiger partial charge in [-0.3, -0.25) is 0 Å². The maximum Gasteiger partial charge on any atom is 0.241 e. The van der Waals surface area contributed by atoms with Crippen molar-refractivity contribution in [2.24, 2.45) is 0 Å². The van der Waals surface area contributed by atoms with Crippen molar-refractivity contribution in [2.75, 3.05) is 18.9 Å². The molecule has 1 saturated heterocycles. The minimum Gasteiger partial charge on any atom is -0.396 e. The van der Waals surface area contributed by atoms with Crippen LogP contribution in [0.5, 0.6) is 0 Å². The van der Waals surface area contributed by atoms with E-state index in [-0.39, 0.29) is 21.6 Å². The number of halogens is 2. The van der Waals surface area contributed by atoms with Crippen molar-refractivity contribution in [1.82, 2.24) is 4.72 Å². The Bertz CT molecular complexity index is 655. The van der Waals surface area contributed by atoms with Crippen molar-refractivity contribution < 1.29 is 22.7 Å². The fourth-order valence-electron chi connectivity index (χ4n) is 2.05. The average molecular weight is 383 g/mol. The largest absolute Gasteiger partial charge is 0.396 e. The molecule has 0 radical (unpaired) electrons. The first kappa shape index (κ1) is 16.6. The van der Waals surface area contributed by atoms with Crippen LogP contribution < -0.4 is 10.5 Å². The van der Waals surface area contributed by atoms with Crippen molar-refractivity contribution in [3.63, 3.8) is 0 Å². The number of nitrogens with one attached hydrogen (secondary N) is 1. The van der Waals surface area contributed by atoms with Gasteiger partial charge in [0, 0.05) is 24.0 Å². The number of rotatable bonds is 4. The molecule has 2 rings (SSSR count). The second-order valence-electron chi connectivity index (χ2n) is 5.00. The molecule has 1 aliphatic rings. The van der Waals surface area contributed by atoms with Crippen molar-refractivity contribution in [3.8, 4) is 0 Å². The van der Waals surface area contributed by atoms with Crippen molar-refractivity contribution >= 4 is 31.6 Å². The molecule has 1 fully saturated rings. The third kappa shape index (κ3) is 3.37. The van der Waals surface area contributed by atoms with Crippen LogP contribution in [-0.2, 0) is 14.8 Å². The van der Waals surface area contributed by atoms with E-state index in [0.717, 1.165) is 12.1 Å². The molecule has 1 aromatic carbocycles. The standard InChI is InChI=1S/C12H16BrFN2O4S/c1-7-12(17,2-3-20-7)6-16-21(18,19)11-5-10(15)9(14)4-8(11)13/h4-5,7,16-17H,2-3,6,15H2,1H3.